The summed E-state index contributed by atoms with van der Waals surface area (Å²) in [4.78, 5) is 23.7. The fraction of sp³-hybridized carbons (Fsp3) is 0.333. The van der Waals surface area contributed by atoms with Gasteiger partial charge < -0.3 is 10.6 Å². The van der Waals surface area contributed by atoms with Gasteiger partial charge in [0, 0.05) is 6.04 Å². The third-order valence-corrected chi connectivity index (χ3v) is 3.86. The topological polar surface area (TPSA) is 58.2 Å². The lowest BCUT2D eigenvalue weighted by atomic mass is 9.93. The number of amides is 2. The number of benzene rings is 1. The van der Waals surface area contributed by atoms with Gasteiger partial charge in [0.15, 0.2) is 0 Å². The molecule has 0 saturated carbocycles. The molecule has 4 nitrogen and oxygen atoms in total. The largest absolute Gasteiger partial charge is 0.347 e. The molecule has 1 aliphatic rings. The molecular formula is C18H22N2O2. The van der Waals surface area contributed by atoms with E-state index in [4.69, 9.17) is 0 Å². The molecule has 0 spiro atoms. The molecule has 1 aromatic carbocycles. The van der Waals surface area contributed by atoms with E-state index in [9.17, 15) is 9.59 Å². The number of carbonyl (C=O) groups excluding carboxylic acids is 2. The first-order valence-electron chi connectivity index (χ1n) is 7.41. The van der Waals surface area contributed by atoms with Crippen molar-refractivity contribution in [2.45, 2.75) is 31.8 Å². The molecule has 2 amide bonds. The second-order valence-corrected chi connectivity index (χ2v) is 6.03. The first-order valence-corrected chi connectivity index (χ1v) is 7.41. The Morgan fingerprint density at radius 2 is 1.91 bits per heavy atom. The summed E-state index contributed by atoms with van der Waals surface area (Å²) >= 11 is 0. The van der Waals surface area contributed by atoms with Crippen molar-refractivity contribution < 1.29 is 9.59 Å². The number of hydrogen-bond acceptors (Lipinski definition) is 2. The molecule has 0 bridgehead atoms. The van der Waals surface area contributed by atoms with E-state index in [1.165, 1.54) is 6.08 Å². The quantitative estimate of drug-likeness (QED) is 0.647. The zero-order valence-corrected chi connectivity index (χ0v) is 13.0. The van der Waals surface area contributed by atoms with Gasteiger partial charge in [-0.3, -0.25) is 9.59 Å². The molecule has 0 saturated heterocycles. The van der Waals surface area contributed by atoms with Crippen LogP contribution < -0.4 is 10.6 Å². The van der Waals surface area contributed by atoms with E-state index in [1.807, 2.05) is 56.3 Å². The maximum Gasteiger partial charge on any atom is 0.243 e. The van der Waals surface area contributed by atoms with Crippen LogP contribution in [0.3, 0.4) is 0 Å². The van der Waals surface area contributed by atoms with Gasteiger partial charge in [-0.15, -0.1) is 0 Å². The van der Waals surface area contributed by atoms with Gasteiger partial charge >= 0.3 is 0 Å². The maximum absolute atomic E-state index is 12.4. The zero-order valence-electron chi connectivity index (χ0n) is 13.0. The lowest BCUT2D eigenvalue weighted by Gasteiger charge is -2.28. The molecule has 2 N–H and O–H groups in total. The van der Waals surface area contributed by atoms with Crippen LogP contribution in [0.4, 0.5) is 0 Å². The van der Waals surface area contributed by atoms with Crippen LogP contribution >= 0.6 is 0 Å². The van der Waals surface area contributed by atoms with E-state index in [0.717, 1.165) is 5.56 Å². The van der Waals surface area contributed by atoms with Crippen molar-refractivity contribution >= 4 is 11.8 Å². The Hall–Kier alpha value is -2.36. The Labute approximate surface area is 131 Å². The number of hydrogen-bond donors (Lipinski definition) is 2. The molecule has 0 aliphatic heterocycles. The van der Waals surface area contributed by atoms with E-state index in [2.05, 4.69) is 17.2 Å². The molecule has 1 aliphatic carbocycles. The summed E-state index contributed by atoms with van der Waals surface area (Å²) in [5.41, 5.74) is 0.621. The van der Waals surface area contributed by atoms with Crippen molar-refractivity contribution in [1.29, 1.82) is 0 Å². The van der Waals surface area contributed by atoms with Gasteiger partial charge in [0.2, 0.25) is 11.8 Å². The predicted octanol–water partition coefficient (Wildman–Crippen LogP) is 2.28. The SMILES string of the molecule is C=CC(=O)N[C@H]1C=C[C@@H](C(=O)NC(C)(C)c2ccccc2)C1. The van der Waals surface area contributed by atoms with Crippen molar-refractivity contribution in [2.24, 2.45) is 5.92 Å². The standard InChI is InChI=1S/C18H22N2O2/c1-4-16(21)19-15-11-10-13(12-15)17(22)20-18(2,3)14-8-6-5-7-9-14/h4-11,13,15H,1,12H2,2-3H3,(H,19,21)(H,20,22)/t13-,15+/m1/s1. The summed E-state index contributed by atoms with van der Waals surface area (Å²) in [6.07, 6.45) is 5.53. The van der Waals surface area contributed by atoms with Gasteiger partial charge in [-0.1, -0.05) is 49.1 Å². The third-order valence-electron chi connectivity index (χ3n) is 3.86. The summed E-state index contributed by atoms with van der Waals surface area (Å²) in [5.74, 6) is -0.473. The van der Waals surface area contributed by atoms with E-state index in [1.54, 1.807) is 0 Å². The van der Waals surface area contributed by atoms with Gasteiger partial charge in [0.1, 0.15) is 0 Å². The second-order valence-electron chi connectivity index (χ2n) is 6.03. The summed E-state index contributed by atoms with van der Waals surface area (Å²) in [6.45, 7) is 7.39. The van der Waals surface area contributed by atoms with Crippen LogP contribution in [-0.2, 0) is 15.1 Å². The van der Waals surface area contributed by atoms with Crippen molar-refractivity contribution in [3.05, 3.63) is 60.7 Å². The summed E-state index contributed by atoms with van der Waals surface area (Å²) < 4.78 is 0. The van der Waals surface area contributed by atoms with Crippen molar-refractivity contribution in [2.75, 3.05) is 0 Å². The highest BCUT2D eigenvalue weighted by Crippen LogP contribution is 2.23. The summed E-state index contributed by atoms with van der Waals surface area (Å²) in [5, 5.41) is 5.86. The Morgan fingerprint density at radius 1 is 1.23 bits per heavy atom. The van der Waals surface area contributed by atoms with E-state index in [0.29, 0.717) is 6.42 Å². The van der Waals surface area contributed by atoms with Crippen LogP contribution in [0.5, 0.6) is 0 Å². The third kappa shape index (κ3) is 3.85. The molecule has 1 aromatic rings. The van der Waals surface area contributed by atoms with Crippen LogP contribution in [0.25, 0.3) is 0 Å². The highest BCUT2D eigenvalue weighted by molar-refractivity contribution is 5.87. The Kier molecular flexibility index (Phi) is 4.81. The lowest BCUT2D eigenvalue weighted by molar-refractivity contribution is -0.125. The van der Waals surface area contributed by atoms with Crippen LogP contribution in [0.15, 0.2) is 55.1 Å². The molecular weight excluding hydrogens is 276 g/mol. The molecule has 0 heterocycles. The number of nitrogens with one attached hydrogen (secondary N) is 2. The fourth-order valence-electron chi connectivity index (χ4n) is 2.57. The summed E-state index contributed by atoms with van der Waals surface area (Å²) in [7, 11) is 0. The monoisotopic (exact) mass is 298 g/mol. The molecule has 2 rings (SSSR count). The first kappa shape index (κ1) is 16.0. The van der Waals surface area contributed by atoms with Gasteiger partial charge in [-0.05, 0) is 31.9 Å². The molecule has 22 heavy (non-hydrogen) atoms. The smallest absolute Gasteiger partial charge is 0.243 e. The molecule has 0 fully saturated rings. The van der Waals surface area contributed by atoms with E-state index >= 15 is 0 Å². The van der Waals surface area contributed by atoms with Crippen molar-refractivity contribution in [3.8, 4) is 0 Å². The van der Waals surface area contributed by atoms with Gasteiger partial charge in [-0.25, -0.2) is 0 Å². The second kappa shape index (κ2) is 6.60. The minimum atomic E-state index is -0.436. The number of rotatable bonds is 5. The number of carbonyl (C=O) groups is 2. The Bertz CT molecular complexity index is 590. The minimum Gasteiger partial charge on any atom is -0.347 e. The lowest BCUT2D eigenvalue weighted by Crippen LogP contribution is -2.44. The fourth-order valence-corrected chi connectivity index (χ4v) is 2.57. The first-order chi connectivity index (χ1) is 10.4. The molecule has 4 heteroatoms. The predicted molar refractivity (Wildman–Crippen MR) is 87.0 cm³/mol. The highest BCUT2D eigenvalue weighted by Gasteiger charge is 2.30. The summed E-state index contributed by atoms with van der Waals surface area (Å²) in [6, 6.07) is 9.75. The van der Waals surface area contributed by atoms with E-state index in [-0.39, 0.29) is 23.8 Å². The van der Waals surface area contributed by atoms with Gasteiger partial charge in [0.25, 0.3) is 0 Å². The highest BCUT2D eigenvalue weighted by atomic mass is 16.2. The normalized spacial score (nSPS) is 20.5. The van der Waals surface area contributed by atoms with Crippen molar-refractivity contribution in [3.63, 3.8) is 0 Å². The molecule has 0 unspecified atom stereocenters. The zero-order chi connectivity index (χ0) is 16.2. The van der Waals surface area contributed by atoms with Crippen LogP contribution in [0.2, 0.25) is 0 Å². The molecule has 2 atom stereocenters. The van der Waals surface area contributed by atoms with E-state index < -0.39 is 5.54 Å². The van der Waals surface area contributed by atoms with Crippen LogP contribution in [0.1, 0.15) is 25.8 Å². The maximum atomic E-state index is 12.4. The molecule has 0 radical (unpaired) electrons. The van der Waals surface area contributed by atoms with Gasteiger partial charge in [-0.2, -0.15) is 0 Å². The van der Waals surface area contributed by atoms with Crippen molar-refractivity contribution in [1.82, 2.24) is 10.6 Å². The average Bonchev–Trinajstić information content (AvgIpc) is 2.96. The Balaban J connectivity index is 1.95. The average molecular weight is 298 g/mol. The Morgan fingerprint density at radius 3 is 2.55 bits per heavy atom. The van der Waals surface area contributed by atoms with Crippen LogP contribution in [-0.4, -0.2) is 17.9 Å². The van der Waals surface area contributed by atoms with Crippen LogP contribution in [0, 0.1) is 5.92 Å². The molecule has 0 aromatic heterocycles. The molecule has 116 valence electrons. The van der Waals surface area contributed by atoms with Gasteiger partial charge in [0.05, 0.1) is 11.5 Å². The minimum absolute atomic E-state index is 0.0274.